The second-order valence-electron chi connectivity index (χ2n) is 7.80. The number of nitrogens with zero attached hydrogens (tertiary/aromatic N) is 4. The number of hydrogen-bond donors (Lipinski definition) is 1. The molecule has 1 aliphatic heterocycles. The molecule has 1 fully saturated rings. The van der Waals surface area contributed by atoms with E-state index in [9.17, 15) is 14.9 Å². The van der Waals surface area contributed by atoms with Crippen molar-refractivity contribution >= 4 is 17.3 Å². The average Bonchev–Trinajstić information content (AvgIpc) is 3.21. The third-order valence-electron chi connectivity index (χ3n) is 5.61. The molecule has 1 unspecified atom stereocenters. The minimum absolute atomic E-state index is 0.00526. The zero-order valence-electron chi connectivity index (χ0n) is 18.0. The maximum atomic E-state index is 13.1. The predicted molar refractivity (Wildman–Crippen MR) is 121 cm³/mol. The van der Waals surface area contributed by atoms with E-state index in [-0.39, 0.29) is 17.6 Å². The number of nitro groups is 1. The predicted octanol–water partition coefficient (Wildman–Crippen LogP) is 3.40. The van der Waals surface area contributed by atoms with Gasteiger partial charge in [-0.05, 0) is 37.1 Å². The highest BCUT2D eigenvalue weighted by Gasteiger charge is 2.26. The number of amides is 1. The Balaban J connectivity index is 1.51. The number of para-hydroxylation sites is 2. The summed E-state index contributed by atoms with van der Waals surface area (Å²) in [7, 11) is 3.40. The summed E-state index contributed by atoms with van der Waals surface area (Å²) in [5.41, 5.74) is 2.60. The molecule has 1 saturated heterocycles. The molecular weight excluding hydrogens is 410 g/mol. The summed E-state index contributed by atoms with van der Waals surface area (Å²) in [6.07, 6.45) is 3.50. The molecule has 0 saturated carbocycles. The van der Waals surface area contributed by atoms with E-state index in [1.807, 2.05) is 24.3 Å². The van der Waals surface area contributed by atoms with Gasteiger partial charge in [0.15, 0.2) is 0 Å². The molecule has 1 aromatic heterocycles. The molecular formula is C23H25N5O4. The first-order chi connectivity index (χ1) is 15.5. The molecule has 0 radical (unpaired) electrons. The first kappa shape index (κ1) is 21.4. The zero-order valence-corrected chi connectivity index (χ0v) is 18.0. The van der Waals surface area contributed by atoms with Crippen molar-refractivity contribution in [2.24, 2.45) is 7.05 Å². The number of nitro benzene ring substituents is 1. The fourth-order valence-corrected chi connectivity index (χ4v) is 4.08. The van der Waals surface area contributed by atoms with Gasteiger partial charge in [0, 0.05) is 50.1 Å². The van der Waals surface area contributed by atoms with Crippen LogP contribution in [-0.4, -0.2) is 46.9 Å². The maximum Gasteiger partial charge on any atom is 0.269 e. The highest BCUT2D eigenvalue weighted by atomic mass is 16.6. The quantitative estimate of drug-likeness (QED) is 0.470. The fourth-order valence-electron chi connectivity index (χ4n) is 4.08. The van der Waals surface area contributed by atoms with Crippen LogP contribution in [0.4, 0.5) is 11.4 Å². The number of hydrogen-bond acceptors (Lipinski definition) is 6. The molecule has 1 aliphatic rings. The summed E-state index contributed by atoms with van der Waals surface area (Å²) in [5, 5.41) is 18.5. The summed E-state index contributed by atoms with van der Waals surface area (Å²) in [5.74, 6) is 0.602. The van der Waals surface area contributed by atoms with Crippen molar-refractivity contribution in [3.8, 4) is 17.0 Å². The van der Waals surface area contributed by atoms with Crippen LogP contribution in [0.25, 0.3) is 11.3 Å². The Labute approximate surface area is 185 Å². The largest absolute Gasteiger partial charge is 0.495 e. The van der Waals surface area contributed by atoms with Gasteiger partial charge < -0.3 is 15.0 Å². The number of aromatic nitrogens is 2. The van der Waals surface area contributed by atoms with Crippen molar-refractivity contribution in [3.63, 3.8) is 0 Å². The Morgan fingerprint density at radius 2 is 1.97 bits per heavy atom. The van der Waals surface area contributed by atoms with Crippen LogP contribution in [0.1, 0.15) is 23.2 Å². The van der Waals surface area contributed by atoms with Gasteiger partial charge in [-0.3, -0.25) is 19.6 Å². The Morgan fingerprint density at radius 1 is 1.22 bits per heavy atom. The molecule has 1 N–H and O–H groups in total. The lowest BCUT2D eigenvalue weighted by Gasteiger charge is -2.35. The molecule has 0 aliphatic carbocycles. The number of methoxy groups -OCH3 is 1. The van der Waals surface area contributed by atoms with E-state index in [4.69, 9.17) is 4.74 Å². The van der Waals surface area contributed by atoms with Crippen LogP contribution >= 0.6 is 0 Å². The Bertz CT molecular complexity index is 1130. The van der Waals surface area contributed by atoms with Crippen LogP contribution in [0.3, 0.4) is 0 Å². The van der Waals surface area contributed by atoms with Crippen molar-refractivity contribution in [2.75, 3.05) is 25.1 Å². The van der Waals surface area contributed by atoms with E-state index < -0.39 is 4.92 Å². The van der Waals surface area contributed by atoms with Crippen molar-refractivity contribution in [3.05, 3.63) is 70.4 Å². The molecule has 0 bridgehead atoms. The number of aryl methyl sites for hydroxylation is 1. The first-order valence-electron chi connectivity index (χ1n) is 10.4. The molecule has 2 heterocycles. The number of ether oxygens (including phenoxy) is 1. The minimum atomic E-state index is -0.452. The SMILES string of the molecule is COc1ccccc1N1CCCC(NC(=O)c2cn(C)nc2-c2ccc([N+](=O)[O-])cc2)C1. The zero-order chi connectivity index (χ0) is 22.7. The van der Waals surface area contributed by atoms with Gasteiger partial charge >= 0.3 is 0 Å². The molecule has 32 heavy (non-hydrogen) atoms. The van der Waals surface area contributed by atoms with Crippen molar-refractivity contribution in [2.45, 2.75) is 18.9 Å². The van der Waals surface area contributed by atoms with E-state index in [1.54, 1.807) is 37.2 Å². The van der Waals surface area contributed by atoms with Crippen molar-refractivity contribution in [1.82, 2.24) is 15.1 Å². The molecule has 166 valence electrons. The van der Waals surface area contributed by atoms with Gasteiger partial charge in [-0.1, -0.05) is 12.1 Å². The Morgan fingerprint density at radius 3 is 2.69 bits per heavy atom. The first-order valence-corrected chi connectivity index (χ1v) is 10.4. The third kappa shape index (κ3) is 4.41. The van der Waals surface area contributed by atoms with Crippen LogP contribution in [0.2, 0.25) is 0 Å². The lowest BCUT2D eigenvalue weighted by atomic mass is 10.0. The number of nitrogens with one attached hydrogen (secondary N) is 1. The normalized spacial score (nSPS) is 15.9. The summed E-state index contributed by atoms with van der Waals surface area (Å²) in [6.45, 7) is 1.58. The number of anilines is 1. The molecule has 1 atom stereocenters. The molecule has 1 amide bonds. The second-order valence-corrected chi connectivity index (χ2v) is 7.80. The van der Waals surface area contributed by atoms with Gasteiger partial charge in [0.05, 0.1) is 23.3 Å². The third-order valence-corrected chi connectivity index (χ3v) is 5.61. The highest BCUT2D eigenvalue weighted by molar-refractivity contribution is 6.00. The number of non-ortho nitro benzene ring substituents is 1. The Kier molecular flexibility index (Phi) is 6.07. The summed E-state index contributed by atoms with van der Waals surface area (Å²) < 4.78 is 7.07. The number of benzene rings is 2. The smallest absolute Gasteiger partial charge is 0.269 e. The molecule has 3 aromatic rings. The van der Waals surface area contributed by atoms with E-state index in [2.05, 4.69) is 15.3 Å². The van der Waals surface area contributed by atoms with Gasteiger partial charge in [0.25, 0.3) is 11.6 Å². The molecule has 2 aromatic carbocycles. The van der Waals surface area contributed by atoms with Gasteiger partial charge in [-0.2, -0.15) is 5.10 Å². The monoisotopic (exact) mass is 435 g/mol. The molecule has 0 spiro atoms. The molecule has 9 nitrogen and oxygen atoms in total. The lowest BCUT2D eigenvalue weighted by Crippen LogP contribution is -2.48. The van der Waals surface area contributed by atoms with Crippen molar-refractivity contribution in [1.29, 1.82) is 0 Å². The van der Waals surface area contributed by atoms with E-state index in [0.717, 1.165) is 30.8 Å². The summed E-state index contributed by atoms with van der Waals surface area (Å²) in [4.78, 5) is 25.9. The fraction of sp³-hybridized carbons (Fsp3) is 0.304. The van der Waals surface area contributed by atoms with Crippen molar-refractivity contribution < 1.29 is 14.5 Å². The van der Waals surface area contributed by atoms with E-state index in [0.29, 0.717) is 23.4 Å². The van der Waals surface area contributed by atoms with Crippen LogP contribution in [0.5, 0.6) is 5.75 Å². The van der Waals surface area contributed by atoms with Gasteiger partial charge in [-0.15, -0.1) is 0 Å². The topological polar surface area (TPSA) is 103 Å². The molecule has 9 heteroatoms. The standard InChI is InChI=1S/C23H25N5O4/c1-26-15-19(22(25-26)16-9-11-18(12-10-16)28(30)31)23(29)24-17-6-5-13-27(14-17)20-7-3-4-8-21(20)32-2/h3-4,7-12,15,17H,5-6,13-14H2,1-2H3,(H,24,29). The van der Waals surface area contributed by atoms with Gasteiger partial charge in [0.2, 0.25) is 0 Å². The number of rotatable bonds is 6. The minimum Gasteiger partial charge on any atom is -0.495 e. The summed E-state index contributed by atoms with van der Waals surface area (Å²) >= 11 is 0. The number of carbonyl (C=O) groups is 1. The molecule has 4 rings (SSSR count). The highest BCUT2D eigenvalue weighted by Crippen LogP contribution is 2.30. The van der Waals surface area contributed by atoms with E-state index in [1.165, 1.54) is 12.1 Å². The second kappa shape index (κ2) is 9.09. The van der Waals surface area contributed by atoms with E-state index >= 15 is 0 Å². The Hall–Kier alpha value is -3.88. The number of piperidine rings is 1. The van der Waals surface area contributed by atoms with Gasteiger partial charge in [-0.25, -0.2) is 0 Å². The van der Waals surface area contributed by atoms with Crippen LogP contribution < -0.4 is 15.0 Å². The lowest BCUT2D eigenvalue weighted by molar-refractivity contribution is -0.384. The average molecular weight is 435 g/mol. The van der Waals surface area contributed by atoms with Crippen LogP contribution in [0, 0.1) is 10.1 Å². The number of carbonyl (C=O) groups excluding carboxylic acids is 1. The van der Waals surface area contributed by atoms with Crippen LogP contribution in [0.15, 0.2) is 54.7 Å². The maximum absolute atomic E-state index is 13.1. The van der Waals surface area contributed by atoms with Gasteiger partial charge in [0.1, 0.15) is 11.4 Å². The summed E-state index contributed by atoms with van der Waals surface area (Å²) in [6, 6.07) is 13.9. The van der Waals surface area contributed by atoms with Crippen LogP contribution in [-0.2, 0) is 7.05 Å².